The minimum Gasteiger partial charge on any atom is -0.457 e. The number of aliphatic hydroxyl groups excluding tert-OH is 2. The lowest BCUT2D eigenvalue weighted by atomic mass is 10.1. The Morgan fingerprint density at radius 3 is 1.62 bits per heavy atom. The molecule has 284 valence electrons. The van der Waals surface area contributed by atoms with E-state index in [2.05, 4.69) is 38.2 Å². The van der Waals surface area contributed by atoms with E-state index in [-0.39, 0.29) is 19.6 Å². The molecular weight excluding hydrogens is 631 g/mol. The highest BCUT2D eigenvalue weighted by Crippen LogP contribution is 2.43. The molecule has 0 aliphatic rings. The molecule has 0 aliphatic heterocycles. The Kier molecular flexibility index (Phi) is 35.0. The number of rotatable bonds is 37. The van der Waals surface area contributed by atoms with Crippen molar-refractivity contribution in [1.82, 2.24) is 0 Å². The lowest BCUT2D eigenvalue weighted by molar-refractivity contribution is -0.154. The zero-order chi connectivity index (χ0) is 35.4. The highest BCUT2D eigenvalue weighted by Gasteiger charge is 2.26. The summed E-state index contributed by atoms with van der Waals surface area (Å²) in [4.78, 5) is 22.5. The van der Waals surface area contributed by atoms with Gasteiger partial charge in [0.1, 0.15) is 12.2 Å². The molecule has 0 aliphatic carbocycles. The number of hydrogen-bond acceptors (Lipinski definition) is 8. The molecule has 0 rings (SSSR count). The Labute approximate surface area is 293 Å². The van der Waals surface area contributed by atoms with Gasteiger partial charge in [-0.25, -0.2) is 4.57 Å². The van der Waals surface area contributed by atoms with Crippen molar-refractivity contribution < 1.29 is 43.0 Å². The molecule has 9 nitrogen and oxygen atoms in total. The zero-order valence-electron chi connectivity index (χ0n) is 30.7. The number of carbonyl (C=O) groups is 1. The molecule has 0 fully saturated rings. The van der Waals surface area contributed by atoms with E-state index in [0.717, 1.165) is 64.2 Å². The third-order valence-corrected chi connectivity index (χ3v) is 9.06. The summed E-state index contributed by atoms with van der Waals surface area (Å²) in [6, 6.07) is 0. The fourth-order valence-corrected chi connectivity index (χ4v) is 5.88. The third-order valence-electron chi connectivity index (χ3n) is 8.11. The van der Waals surface area contributed by atoms with Crippen LogP contribution in [0.15, 0.2) is 24.3 Å². The molecule has 0 saturated carbocycles. The van der Waals surface area contributed by atoms with E-state index in [0.29, 0.717) is 6.61 Å². The minimum absolute atomic E-state index is 0.0434. The predicted molar refractivity (Wildman–Crippen MR) is 196 cm³/mol. The van der Waals surface area contributed by atoms with Crippen molar-refractivity contribution in [3.8, 4) is 0 Å². The van der Waals surface area contributed by atoms with Crippen LogP contribution >= 0.6 is 7.82 Å². The summed E-state index contributed by atoms with van der Waals surface area (Å²) in [7, 11) is -4.51. The molecule has 3 N–H and O–H groups in total. The Hall–Kier alpha value is -1.06. The van der Waals surface area contributed by atoms with Gasteiger partial charge in [-0.1, -0.05) is 128 Å². The van der Waals surface area contributed by atoms with Crippen LogP contribution < -0.4 is 0 Å². The topological polar surface area (TPSA) is 132 Å². The second kappa shape index (κ2) is 35.8. The van der Waals surface area contributed by atoms with Gasteiger partial charge in [-0.05, 0) is 57.8 Å². The van der Waals surface area contributed by atoms with Gasteiger partial charge in [0, 0.05) is 13.0 Å². The van der Waals surface area contributed by atoms with E-state index in [1.54, 1.807) is 0 Å². The first kappa shape index (κ1) is 46.9. The normalized spacial score (nSPS) is 14.5. The first-order valence-corrected chi connectivity index (χ1v) is 20.8. The van der Waals surface area contributed by atoms with Gasteiger partial charge in [-0.15, -0.1) is 0 Å². The number of allylic oxidation sites excluding steroid dienone is 4. The zero-order valence-corrected chi connectivity index (χ0v) is 31.6. The van der Waals surface area contributed by atoms with Crippen molar-refractivity contribution in [2.75, 3.05) is 33.0 Å². The maximum Gasteiger partial charge on any atom is 0.472 e. The molecule has 10 heteroatoms. The van der Waals surface area contributed by atoms with Crippen LogP contribution in [0.1, 0.15) is 168 Å². The third kappa shape index (κ3) is 34.8. The molecule has 48 heavy (non-hydrogen) atoms. The van der Waals surface area contributed by atoms with Crippen LogP contribution in [0.4, 0.5) is 0 Å². The number of phosphoric acid groups is 1. The lowest BCUT2D eigenvalue weighted by Gasteiger charge is -2.20. The Bertz CT molecular complexity index is 805. The molecule has 0 radical (unpaired) electrons. The van der Waals surface area contributed by atoms with E-state index < -0.39 is 39.2 Å². The molecule has 0 amide bonds. The van der Waals surface area contributed by atoms with Gasteiger partial charge in [0.15, 0.2) is 0 Å². The predicted octanol–water partition coefficient (Wildman–Crippen LogP) is 9.92. The maximum absolute atomic E-state index is 12.5. The van der Waals surface area contributed by atoms with Gasteiger partial charge in [0.2, 0.25) is 0 Å². The number of phosphoric ester groups is 1. The Morgan fingerprint density at radius 2 is 1.08 bits per heavy atom. The molecule has 0 bridgehead atoms. The molecule has 0 aromatic heterocycles. The van der Waals surface area contributed by atoms with Crippen molar-refractivity contribution in [1.29, 1.82) is 0 Å². The van der Waals surface area contributed by atoms with E-state index in [9.17, 15) is 19.4 Å². The summed E-state index contributed by atoms with van der Waals surface area (Å²) in [5.41, 5.74) is 0. The van der Waals surface area contributed by atoms with E-state index in [1.165, 1.54) is 83.5 Å². The summed E-state index contributed by atoms with van der Waals surface area (Å²) < 4.78 is 33.2. The average Bonchev–Trinajstić information content (AvgIpc) is 3.07. The van der Waals surface area contributed by atoms with Crippen LogP contribution in [0.2, 0.25) is 0 Å². The summed E-state index contributed by atoms with van der Waals surface area (Å²) in [6.07, 6.45) is 34.2. The molecule has 3 unspecified atom stereocenters. The molecule has 3 atom stereocenters. The molecule has 0 saturated heterocycles. The van der Waals surface area contributed by atoms with Gasteiger partial charge in [-0.3, -0.25) is 13.8 Å². The largest absolute Gasteiger partial charge is 0.472 e. The summed E-state index contributed by atoms with van der Waals surface area (Å²) >= 11 is 0. The van der Waals surface area contributed by atoms with Crippen LogP contribution in [0.3, 0.4) is 0 Å². The van der Waals surface area contributed by atoms with Gasteiger partial charge < -0.3 is 24.6 Å². The summed E-state index contributed by atoms with van der Waals surface area (Å²) in [5, 5.41) is 18.3. The Balaban J connectivity index is 4.24. The van der Waals surface area contributed by atoms with Gasteiger partial charge >= 0.3 is 13.8 Å². The summed E-state index contributed by atoms with van der Waals surface area (Å²) in [6.45, 7) is 3.45. The number of unbranched alkanes of at least 4 members (excludes halogenated alkanes) is 19. The average molecular weight is 705 g/mol. The van der Waals surface area contributed by atoms with Crippen LogP contribution in [0.25, 0.3) is 0 Å². The lowest BCUT2D eigenvalue weighted by Crippen LogP contribution is -2.29. The second-order valence-electron chi connectivity index (χ2n) is 12.9. The SMILES string of the molecule is CCCC/C=C\CCCCCCCCOCC(COP(=O)(O)OCC(O)CO)OC(=O)CCCCCCC/C=C\CCCCCCCC. The van der Waals surface area contributed by atoms with E-state index in [1.807, 2.05) is 0 Å². The quantitative estimate of drug-likeness (QED) is 0.0250. The fourth-order valence-electron chi connectivity index (χ4n) is 5.09. The first-order valence-electron chi connectivity index (χ1n) is 19.3. The number of aliphatic hydroxyl groups is 2. The molecule has 0 heterocycles. The molecule has 0 aromatic carbocycles. The molecule has 0 spiro atoms. The Morgan fingerprint density at radius 1 is 0.625 bits per heavy atom. The first-order chi connectivity index (χ1) is 23.3. The number of esters is 1. The smallest absolute Gasteiger partial charge is 0.457 e. The number of hydrogen-bond donors (Lipinski definition) is 3. The van der Waals surface area contributed by atoms with Gasteiger partial charge in [0.25, 0.3) is 0 Å². The maximum atomic E-state index is 12.5. The minimum atomic E-state index is -4.51. The van der Waals surface area contributed by atoms with Crippen LogP contribution in [0.5, 0.6) is 0 Å². The highest BCUT2D eigenvalue weighted by atomic mass is 31.2. The number of ether oxygens (including phenoxy) is 2. The fraction of sp³-hybridized carbons (Fsp3) is 0.868. The van der Waals surface area contributed by atoms with Crippen LogP contribution in [-0.2, 0) is 27.9 Å². The number of carbonyl (C=O) groups excluding carboxylic acids is 1. The van der Waals surface area contributed by atoms with Crippen molar-refractivity contribution in [3.63, 3.8) is 0 Å². The van der Waals surface area contributed by atoms with Crippen LogP contribution in [0, 0.1) is 0 Å². The van der Waals surface area contributed by atoms with Crippen molar-refractivity contribution >= 4 is 13.8 Å². The standard InChI is InChI=1S/C38H73O9P/c1-3-5-7-9-11-13-15-17-18-19-20-22-24-26-28-30-38(41)47-37(35-46-48(42,43)45-33-36(40)32-39)34-44-31-29-27-25-23-21-16-14-12-10-8-6-4-2/h10,12,17-18,36-37,39-40H,3-9,11,13-16,19-35H2,1-2H3,(H,42,43)/b12-10-,18-17-. The highest BCUT2D eigenvalue weighted by molar-refractivity contribution is 7.47. The van der Waals surface area contributed by atoms with E-state index >= 15 is 0 Å². The van der Waals surface area contributed by atoms with Gasteiger partial charge in [0.05, 0.1) is 26.4 Å². The van der Waals surface area contributed by atoms with Crippen molar-refractivity contribution in [2.45, 2.75) is 180 Å². The van der Waals surface area contributed by atoms with Crippen molar-refractivity contribution in [3.05, 3.63) is 24.3 Å². The van der Waals surface area contributed by atoms with Gasteiger partial charge in [-0.2, -0.15) is 0 Å². The van der Waals surface area contributed by atoms with E-state index in [4.69, 9.17) is 23.6 Å². The molecule has 0 aromatic rings. The van der Waals surface area contributed by atoms with Crippen LogP contribution in [-0.4, -0.2) is 66.3 Å². The molecular formula is C38H73O9P. The monoisotopic (exact) mass is 704 g/mol. The second-order valence-corrected chi connectivity index (χ2v) is 14.4. The summed E-state index contributed by atoms with van der Waals surface area (Å²) in [5.74, 6) is -0.394. The van der Waals surface area contributed by atoms with Crippen molar-refractivity contribution in [2.24, 2.45) is 0 Å².